The lowest BCUT2D eigenvalue weighted by Crippen LogP contribution is -2.41. The van der Waals surface area contributed by atoms with Crippen LogP contribution in [0.4, 0.5) is 17.2 Å². The summed E-state index contributed by atoms with van der Waals surface area (Å²) in [6.07, 6.45) is 1.93. The maximum absolute atomic E-state index is 12.4. The number of esters is 1. The number of rotatable bonds is 7. The summed E-state index contributed by atoms with van der Waals surface area (Å²) in [5.41, 5.74) is 2.70. The van der Waals surface area contributed by atoms with Crippen LogP contribution in [0.15, 0.2) is 67.9 Å². The third kappa shape index (κ3) is 5.55. The van der Waals surface area contributed by atoms with Crippen LogP contribution in [0.1, 0.15) is 31.2 Å². The molecule has 9 nitrogen and oxygen atoms in total. The van der Waals surface area contributed by atoms with Gasteiger partial charge in [-0.15, -0.1) is 0 Å². The average molecular weight is 564 g/mol. The number of carbonyl (C=O) groups is 1. The number of nitrogens with zero attached hydrogens (tertiary/aromatic N) is 5. The van der Waals surface area contributed by atoms with Crippen LogP contribution in [0.25, 0.3) is 0 Å². The molecule has 1 saturated heterocycles. The summed E-state index contributed by atoms with van der Waals surface area (Å²) in [7, 11) is 4.67. The Labute approximate surface area is 239 Å². The monoisotopic (exact) mass is 563 g/mol. The molecular weight excluding hydrogens is 526 g/mol. The van der Waals surface area contributed by atoms with Gasteiger partial charge in [-0.1, -0.05) is 30.0 Å². The van der Waals surface area contributed by atoms with E-state index in [0.29, 0.717) is 5.82 Å². The molecule has 0 aliphatic carbocycles. The van der Waals surface area contributed by atoms with Gasteiger partial charge in [0, 0.05) is 56.1 Å². The predicted molar refractivity (Wildman–Crippen MR) is 159 cm³/mol. The van der Waals surface area contributed by atoms with Crippen LogP contribution in [-0.4, -0.2) is 66.4 Å². The van der Waals surface area contributed by atoms with Gasteiger partial charge in [0.2, 0.25) is 0 Å². The molecule has 0 amide bonds. The van der Waals surface area contributed by atoms with Crippen molar-refractivity contribution < 1.29 is 9.53 Å². The summed E-state index contributed by atoms with van der Waals surface area (Å²) in [5, 5.41) is 0. The number of aromatic nitrogens is 2. The normalized spacial score (nSPS) is 16.2. The standard InChI is InChI=1S/C30H37N5O4S/c1-21(29(37)39-4)22-11-12-26-24(19-22)35(23-9-5-6-10-25(23)40-26)16-8-14-33-13-7-15-34(18-17-33)27-20-28(36)32(3)30(38)31(27)2/h5-6,9-12,19-21H,7-8,13-18H2,1-4H3. The maximum Gasteiger partial charge on any atom is 0.332 e. The highest BCUT2D eigenvalue weighted by molar-refractivity contribution is 7.99. The Morgan fingerprint density at radius 1 is 0.925 bits per heavy atom. The Morgan fingerprint density at radius 2 is 1.70 bits per heavy atom. The molecule has 0 radical (unpaired) electrons. The minimum absolute atomic E-state index is 0.235. The van der Waals surface area contributed by atoms with Crippen LogP contribution in [0.5, 0.6) is 0 Å². The van der Waals surface area contributed by atoms with E-state index >= 15 is 0 Å². The topological polar surface area (TPSA) is 80.0 Å². The zero-order valence-electron chi connectivity index (χ0n) is 23.6. The number of anilines is 3. The largest absolute Gasteiger partial charge is 0.469 e. The number of fused-ring (bicyclic) bond motifs is 2. The van der Waals surface area contributed by atoms with Crippen molar-refractivity contribution in [1.82, 2.24) is 14.0 Å². The molecule has 2 aliphatic heterocycles. The molecule has 1 fully saturated rings. The molecule has 0 spiro atoms. The van der Waals surface area contributed by atoms with Gasteiger partial charge in [0.15, 0.2) is 0 Å². The lowest BCUT2D eigenvalue weighted by molar-refractivity contribution is -0.141. The van der Waals surface area contributed by atoms with E-state index in [1.165, 1.54) is 29.6 Å². The fourth-order valence-electron chi connectivity index (χ4n) is 5.57. The number of benzene rings is 2. The molecule has 1 aromatic heterocycles. The molecule has 3 aromatic rings. The Bertz CT molecular complexity index is 1520. The molecular formula is C30H37N5O4S. The summed E-state index contributed by atoms with van der Waals surface area (Å²) in [5.74, 6) is 0.121. The fraction of sp³-hybridized carbons (Fsp3) is 0.433. The number of carbonyl (C=O) groups excluding carboxylic acids is 1. The number of ether oxygens (including phenoxy) is 1. The summed E-state index contributed by atoms with van der Waals surface area (Å²) < 4.78 is 7.70. The van der Waals surface area contributed by atoms with Gasteiger partial charge in [-0.25, -0.2) is 4.79 Å². The van der Waals surface area contributed by atoms with Crippen LogP contribution in [0.3, 0.4) is 0 Å². The van der Waals surface area contributed by atoms with Crippen molar-refractivity contribution in [2.45, 2.75) is 35.5 Å². The Morgan fingerprint density at radius 3 is 2.50 bits per heavy atom. The summed E-state index contributed by atoms with van der Waals surface area (Å²) in [4.78, 5) is 46.4. The Kier molecular flexibility index (Phi) is 8.37. The zero-order valence-corrected chi connectivity index (χ0v) is 24.4. The minimum atomic E-state index is -0.330. The van der Waals surface area contributed by atoms with Crippen LogP contribution in [-0.2, 0) is 23.6 Å². The molecule has 10 heteroatoms. The van der Waals surface area contributed by atoms with E-state index < -0.39 is 0 Å². The first-order chi connectivity index (χ1) is 19.3. The van der Waals surface area contributed by atoms with Gasteiger partial charge in [0.05, 0.1) is 24.4 Å². The lowest BCUT2D eigenvalue weighted by atomic mass is 10.00. The fourth-order valence-corrected chi connectivity index (χ4v) is 6.65. The summed E-state index contributed by atoms with van der Waals surface area (Å²) in [6.45, 7) is 7.10. The summed E-state index contributed by atoms with van der Waals surface area (Å²) >= 11 is 1.77. The van der Waals surface area contributed by atoms with E-state index in [9.17, 15) is 14.4 Å². The number of para-hydroxylation sites is 1. The molecule has 2 aromatic carbocycles. The third-order valence-electron chi connectivity index (χ3n) is 7.97. The van der Waals surface area contributed by atoms with Crippen LogP contribution in [0, 0.1) is 0 Å². The highest BCUT2D eigenvalue weighted by atomic mass is 32.2. The van der Waals surface area contributed by atoms with Crippen molar-refractivity contribution in [3.8, 4) is 0 Å². The van der Waals surface area contributed by atoms with Gasteiger partial charge in [0.1, 0.15) is 5.82 Å². The number of methoxy groups -OCH3 is 1. The van der Waals surface area contributed by atoms with Crippen molar-refractivity contribution in [3.05, 3.63) is 74.9 Å². The van der Waals surface area contributed by atoms with Crippen LogP contribution >= 0.6 is 11.8 Å². The van der Waals surface area contributed by atoms with E-state index in [2.05, 4.69) is 51.1 Å². The van der Waals surface area contributed by atoms with Crippen molar-refractivity contribution in [1.29, 1.82) is 0 Å². The van der Waals surface area contributed by atoms with Crippen molar-refractivity contribution in [3.63, 3.8) is 0 Å². The molecule has 0 saturated carbocycles. The first kappa shape index (κ1) is 28.0. The first-order valence-electron chi connectivity index (χ1n) is 13.8. The molecule has 40 heavy (non-hydrogen) atoms. The summed E-state index contributed by atoms with van der Waals surface area (Å²) in [6, 6.07) is 16.3. The molecule has 212 valence electrons. The van der Waals surface area contributed by atoms with E-state index in [4.69, 9.17) is 4.74 Å². The van der Waals surface area contributed by atoms with Gasteiger partial charge in [-0.05, 0) is 62.7 Å². The van der Waals surface area contributed by atoms with Gasteiger partial charge in [-0.2, -0.15) is 0 Å². The Hall–Kier alpha value is -3.50. The van der Waals surface area contributed by atoms with Gasteiger partial charge in [-0.3, -0.25) is 18.7 Å². The van der Waals surface area contributed by atoms with E-state index in [0.717, 1.165) is 67.9 Å². The number of hydrogen-bond donors (Lipinski definition) is 0. The number of hydrogen-bond acceptors (Lipinski definition) is 8. The average Bonchev–Trinajstić information content (AvgIpc) is 3.22. The second kappa shape index (κ2) is 11.9. The highest BCUT2D eigenvalue weighted by Gasteiger charge is 2.26. The molecule has 1 unspecified atom stereocenters. The van der Waals surface area contributed by atoms with Gasteiger partial charge >= 0.3 is 11.7 Å². The van der Waals surface area contributed by atoms with E-state index in [-0.39, 0.29) is 23.1 Å². The third-order valence-corrected chi connectivity index (χ3v) is 9.10. The first-order valence-corrected chi connectivity index (χ1v) is 14.6. The van der Waals surface area contributed by atoms with E-state index in [1.54, 1.807) is 29.4 Å². The lowest BCUT2D eigenvalue weighted by Gasteiger charge is -2.34. The molecule has 0 N–H and O–H groups in total. The van der Waals surface area contributed by atoms with Crippen molar-refractivity contribution in [2.24, 2.45) is 14.1 Å². The molecule has 0 bridgehead atoms. The van der Waals surface area contributed by atoms with Gasteiger partial charge in [0.25, 0.3) is 5.56 Å². The second-order valence-electron chi connectivity index (χ2n) is 10.5. The predicted octanol–water partition coefficient (Wildman–Crippen LogP) is 3.57. The van der Waals surface area contributed by atoms with Crippen LogP contribution in [0.2, 0.25) is 0 Å². The second-order valence-corrected chi connectivity index (χ2v) is 11.6. The Balaban J connectivity index is 1.28. The van der Waals surface area contributed by atoms with Crippen LogP contribution < -0.4 is 21.0 Å². The van der Waals surface area contributed by atoms with E-state index in [1.807, 2.05) is 13.0 Å². The minimum Gasteiger partial charge on any atom is -0.469 e. The van der Waals surface area contributed by atoms with Crippen molar-refractivity contribution >= 4 is 34.9 Å². The van der Waals surface area contributed by atoms with Crippen molar-refractivity contribution in [2.75, 3.05) is 56.2 Å². The smallest absolute Gasteiger partial charge is 0.332 e. The van der Waals surface area contributed by atoms with Gasteiger partial charge < -0.3 is 19.4 Å². The quantitative estimate of drug-likeness (QED) is 0.404. The zero-order chi connectivity index (χ0) is 28.4. The molecule has 5 rings (SSSR count). The molecule has 3 heterocycles. The molecule has 1 atom stereocenters. The highest BCUT2D eigenvalue weighted by Crippen LogP contribution is 2.48. The molecule has 2 aliphatic rings. The maximum atomic E-state index is 12.4. The SMILES string of the molecule is COC(=O)C(C)c1ccc2c(c1)N(CCCN1CCCN(c3cc(=O)n(C)c(=O)n3C)CC1)c1ccccc1S2.